The Labute approximate surface area is 125 Å². The Morgan fingerprint density at radius 2 is 2.00 bits per heavy atom. The van der Waals surface area contributed by atoms with Crippen LogP contribution in [-0.4, -0.2) is 18.1 Å². The molecule has 2 rings (SSSR count). The van der Waals surface area contributed by atoms with Crippen molar-refractivity contribution in [2.75, 3.05) is 7.11 Å². The van der Waals surface area contributed by atoms with Gasteiger partial charge in [0.1, 0.15) is 5.75 Å². The molecular weight excluding hydrogens is 264 g/mol. The van der Waals surface area contributed by atoms with E-state index in [-0.39, 0.29) is 5.56 Å². The fourth-order valence-corrected chi connectivity index (χ4v) is 2.15. The van der Waals surface area contributed by atoms with Crippen LogP contribution in [0, 0.1) is 6.92 Å². The van der Waals surface area contributed by atoms with Crippen LogP contribution in [0.4, 0.5) is 0 Å². The van der Waals surface area contributed by atoms with Crippen molar-refractivity contribution in [1.82, 2.24) is 10.3 Å². The molecule has 0 atom stereocenters. The maximum Gasteiger partial charge on any atom is 0.252 e. The topological polar surface area (TPSA) is 54.1 Å². The molecule has 2 aromatic rings. The minimum atomic E-state index is -0.0655. The molecule has 0 amide bonds. The van der Waals surface area contributed by atoms with Crippen LogP contribution in [0.3, 0.4) is 0 Å². The number of nitrogens with one attached hydrogen (secondary N) is 2. The molecule has 112 valence electrons. The fourth-order valence-electron chi connectivity index (χ4n) is 2.15. The third kappa shape index (κ3) is 3.73. The summed E-state index contributed by atoms with van der Waals surface area (Å²) in [6.45, 7) is 6.69. The molecule has 0 fully saturated rings. The van der Waals surface area contributed by atoms with E-state index < -0.39 is 0 Å². The summed E-state index contributed by atoms with van der Waals surface area (Å²) in [5, 5.41) is 3.25. The van der Waals surface area contributed by atoms with Crippen molar-refractivity contribution in [3.05, 3.63) is 51.8 Å². The first-order valence-corrected chi connectivity index (χ1v) is 7.12. The number of hydrogen-bond donors (Lipinski definition) is 2. The SMILES string of the molecule is COc1ccc(C)cc1-c1ccc(CNC(C)C)c(=O)[nH]1. The minimum Gasteiger partial charge on any atom is -0.496 e. The predicted octanol–water partition coefficient (Wildman–Crippen LogP) is 2.86. The number of aromatic nitrogens is 1. The molecule has 0 unspecified atom stereocenters. The first-order valence-electron chi connectivity index (χ1n) is 7.12. The molecule has 2 N–H and O–H groups in total. The van der Waals surface area contributed by atoms with Gasteiger partial charge in [-0.05, 0) is 25.1 Å². The molecule has 21 heavy (non-hydrogen) atoms. The number of H-pyrrole nitrogens is 1. The van der Waals surface area contributed by atoms with E-state index in [1.165, 1.54) is 0 Å². The van der Waals surface area contributed by atoms with Gasteiger partial charge in [-0.1, -0.05) is 31.5 Å². The molecule has 4 nitrogen and oxygen atoms in total. The summed E-state index contributed by atoms with van der Waals surface area (Å²) in [5.74, 6) is 0.754. The average Bonchev–Trinajstić information content (AvgIpc) is 2.45. The van der Waals surface area contributed by atoms with Crippen LogP contribution in [0.5, 0.6) is 5.75 Å². The number of aryl methyl sites for hydroxylation is 1. The zero-order valence-electron chi connectivity index (χ0n) is 13.0. The number of benzene rings is 1. The van der Waals surface area contributed by atoms with Crippen LogP contribution in [0.1, 0.15) is 25.0 Å². The summed E-state index contributed by atoms with van der Waals surface area (Å²) in [4.78, 5) is 15.1. The molecule has 0 spiro atoms. The highest BCUT2D eigenvalue weighted by atomic mass is 16.5. The van der Waals surface area contributed by atoms with Crippen LogP contribution in [0.25, 0.3) is 11.3 Å². The molecule has 0 bridgehead atoms. The lowest BCUT2D eigenvalue weighted by molar-refractivity contribution is 0.416. The second kappa shape index (κ2) is 6.59. The highest BCUT2D eigenvalue weighted by Gasteiger charge is 2.09. The van der Waals surface area contributed by atoms with Crippen molar-refractivity contribution < 1.29 is 4.74 Å². The molecular formula is C17H22N2O2. The molecule has 0 radical (unpaired) electrons. The lowest BCUT2D eigenvalue weighted by atomic mass is 10.1. The maximum atomic E-state index is 12.2. The van der Waals surface area contributed by atoms with Crippen LogP contribution in [-0.2, 0) is 6.54 Å². The van der Waals surface area contributed by atoms with Gasteiger partial charge < -0.3 is 15.0 Å². The standard InChI is InChI=1S/C17H22N2O2/c1-11(2)18-10-13-6-7-15(19-17(13)20)14-9-12(3)5-8-16(14)21-4/h5-9,11,18H,10H2,1-4H3,(H,19,20). The Kier molecular flexibility index (Phi) is 4.81. The van der Waals surface area contributed by atoms with E-state index in [1.807, 2.05) is 37.3 Å². The van der Waals surface area contributed by atoms with Crippen LogP contribution in [0.15, 0.2) is 35.1 Å². The van der Waals surface area contributed by atoms with Crippen molar-refractivity contribution in [3.8, 4) is 17.0 Å². The van der Waals surface area contributed by atoms with Crippen molar-refractivity contribution in [1.29, 1.82) is 0 Å². The maximum absolute atomic E-state index is 12.2. The number of methoxy groups -OCH3 is 1. The lowest BCUT2D eigenvalue weighted by Gasteiger charge is -2.11. The molecule has 1 heterocycles. The number of ether oxygens (including phenoxy) is 1. The molecule has 0 aliphatic rings. The van der Waals surface area contributed by atoms with E-state index in [2.05, 4.69) is 24.1 Å². The highest BCUT2D eigenvalue weighted by Crippen LogP contribution is 2.28. The second-order valence-corrected chi connectivity index (χ2v) is 5.47. The molecule has 0 saturated carbocycles. The van der Waals surface area contributed by atoms with Gasteiger partial charge in [0.25, 0.3) is 5.56 Å². The molecule has 0 aliphatic heterocycles. The summed E-state index contributed by atoms with van der Waals surface area (Å²) in [6, 6.07) is 10.1. The van der Waals surface area contributed by atoms with E-state index in [1.54, 1.807) is 7.11 Å². The number of rotatable bonds is 5. The summed E-state index contributed by atoms with van der Waals surface area (Å²) in [6.07, 6.45) is 0. The highest BCUT2D eigenvalue weighted by molar-refractivity contribution is 5.68. The van der Waals surface area contributed by atoms with E-state index in [4.69, 9.17) is 4.74 Å². The Bertz CT molecular complexity index is 675. The van der Waals surface area contributed by atoms with Crippen molar-refractivity contribution in [3.63, 3.8) is 0 Å². The first kappa shape index (κ1) is 15.3. The van der Waals surface area contributed by atoms with Crippen molar-refractivity contribution in [2.24, 2.45) is 0 Å². The summed E-state index contributed by atoms with van der Waals surface area (Å²) in [7, 11) is 1.63. The number of hydrogen-bond acceptors (Lipinski definition) is 3. The van der Waals surface area contributed by atoms with Crippen LogP contribution < -0.4 is 15.6 Å². The van der Waals surface area contributed by atoms with Gasteiger partial charge in [-0.15, -0.1) is 0 Å². The number of pyridine rings is 1. The third-order valence-electron chi connectivity index (χ3n) is 3.34. The fraction of sp³-hybridized carbons (Fsp3) is 0.353. The van der Waals surface area contributed by atoms with Crippen molar-refractivity contribution in [2.45, 2.75) is 33.4 Å². The smallest absolute Gasteiger partial charge is 0.252 e. The second-order valence-electron chi connectivity index (χ2n) is 5.47. The van der Waals surface area contributed by atoms with Gasteiger partial charge in [0.2, 0.25) is 0 Å². The first-order chi connectivity index (χ1) is 10.0. The van der Waals surface area contributed by atoms with E-state index in [0.717, 1.165) is 28.1 Å². The van der Waals surface area contributed by atoms with Crippen molar-refractivity contribution >= 4 is 0 Å². The number of aromatic amines is 1. The van der Waals surface area contributed by atoms with Gasteiger partial charge >= 0.3 is 0 Å². The Morgan fingerprint density at radius 3 is 2.62 bits per heavy atom. The van der Waals surface area contributed by atoms with Crippen LogP contribution >= 0.6 is 0 Å². The largest absolute Gasteiger partial charge is 0.496 e. The normalized spacial score (nSPS) is 10.9. The van der Waals surface area contributed by atoms with Gasteiger partial charge in [0, 0.05) is 23.7 Å². The molecule has 0 aliphatic carbocycles. The summed E-state index contributed by atoms with van der Waals surface area (Å²) < 4.78 is 5.37. The van der Waals surface area contributed by atoms with E-state index in [9.17, 15) is 4.79 Å². The van der Waals surface area contributed by atoms with Crippen LogP contribution in [0.2, 0.25) is 0 Å². The minimum absolute atomic E-state index is 0.0655. The summed E-state index contributed by atoms with van der Waals surface area (Å²) >= 11 is 0. The van der Waals surface area contributed by atoms with Gasteiger partial charge in [-0.2, -0.15) is 0 Å². The molecule has 4 heteroatoms. The third-order valence-corrected chi connectivity index (χ3v) is 3.34. The Hall–Kier alpha value is -2.07. The monoisotopic (exact) mass is 286 g/mol. The summed E-state index contributed by atoms with van der Waals surface area (Å²) in [5.41, 5.74) is 3.47. The molecule has 1 aromatic heterocycles. The Balaban J connectivity index is 2.36. The van der Waals surface area contributed by atoms with Gasteiger partial charge in [0.15, 0.2) is 0 Å². The zero-order valence-corrected chi connectivity index (χ0v) is 13.0. The quantitative estimate of drug-likeness (QED) is 0.888. The lowest BCUT2D eigenvalue weighted by Crippen LogP contribution is -2.26. The predicted molar refractivity (Wildman–Crippen MR) is 85.8 cm³/mol. The zero-order chi connectivity index (χ0) is 15.4. The Morgan fingerprint density at radius 1 is 1.24 bits per heavy atom. The average molecular weight is 286 g/mol. The van der Waals surface area contributed by atoms with E-state index in [0.29, 0.717) is 12.6 Å². The van der Waals surface area contributed by atoms with E-state index >= 15 is 0 Å². The van der Waals surface area contributed by atoms with Gasteiger partial charge in [-0.25, -0.2) is 0 Å². The van der Waals surface area contributed by atoms with Gasteiger partial charge in [0.05, 0.1) is 12.8 Å². The molecule has 0 saturated heterocycles. The van der Waals surface area contributed by atoms with Gasteiger partial charge in [-0.3, -0.25) is 4.79 Å². The molecule has 1 aromatic carbocycles.